The third kappa shape index (κ3) is 3.88. The van der Waals surface area contributed by atoms with Crippen molar-refractivity contribution < 1.29 is 4.79 Å². The minimum absolute atomic E-state index is 0.0103. The van der Waals surface area contributed by atoms with Crippen LogP contribution in [-0.2, 0) is 17.9 Å². The van der Waals surface area contributed by atoms with Crippen LogP contribution in [0.5, 0.6) is 0 Å². The molecule has 0 atom stereocenters. The van der Waals surface area contributed by atoms with E-state index in [1.807, 2.05) is 27.5 Å². The zero-order valence-corrected chi connectivity index (χ0v) is 15.9. The molecule has 0 spiro atoms. The number of thiophene rings is 2. The molecule has 0 aliphatic heterocycles. The largest absolute Gasteiger partial charge is 0.350 e. The maximum Gasteiger partial charge on any atom is 0.230 e. The Morgan fingerprint density at radius 1 is 1.29 bits per heavy atom. The van der Waals surface area contributed by atoms with Gasteiger partial charge in [0.05, 0.1) is 17.2 Å². The molecular formula is C16H18N4OS3. The second-order valence-electron chi connectivity index (χ2n) is 5.12. The summed E-state index contributed by atoms with van der Waals surface area (Å²) in [6.45, 7) is 5.48. The zero-order valence-electron chi connectivity index (χ0n) is 13.5. The van der Waals surface area contributed by atoms with E-state index < -0.39 is 0 Å². The molecule has 0 aromatic carbocycles. The first-order valence-corrected chi connectivity index (χ1v) is 10.3. The van der Waals surface area contributed by atoms with Crippen molar-refractivity contribution in [1.82, 2.24) is 20.1 Å². The Hall–Kier alpha value is -1.64. The van der Waals surface area contributed by atoms with Crippen molar-refractivity contribution in [3.05, 3.63) is 39.4 Å². The average molecular weight is 379 g/mol. The van der Waals surface area contributed by atoms with Gasteiger partial charge in [-0.15, -0.1) is 32.9 Å². The van der Waals surface area contributed by atoms with Crippen molar-refractivity contribution in [2.45, 2.75) is 32.1 Å². The molecule has 1 N–H and O–H groups in total. The number of aryl methyl sites for hydroxylation is 1. The molecule has 126 valence electrons. The van der Waals surface area contributed by atoms with Gasteiger partial charge < -0.3 is 9.88 Å². The van der Waals surface area contributed by atoms with Crippen molar-refractivity contribution >= 4 is 40.3 Å². The van der Waals surface area contributed by atoms with Crippen LogP contribution in [0.1, 0.15) is 17.4 Å². The molecule has 0 aliphatic rings. The fourth-order valence-electron chi connectivity index (χ4n) is 2.21. The fraction of sp³-hybridized carbons (Fsp3) is 0.312. The summed E-state index contributed by atoms with van der Waals surface area (Å²) in [5.41, 5.74) is 1.22. The summed E-state index contributed by atoms with van der Waals surface area (Å²) in [5.74, 6) is 1.22. The Bertz CT molecular complexity index is 807. The summed E-state index contributed by atoms with van der Waals surface area (Å²) in [6.07, 6.45) is 0. The SMILES string of the molecule is CCn1c(SCC(=O)NCc2sccc2C)nnc1-c1cccs1. The van der Waals surface area contributed by atoms with Crippen molar-refractivity contribution in [2.75, 3.05) is 5.75 Å². The van der Waals surface area contributed by atoms with Gasteiger partial charge in [0.15, 0.2) is 11.0 Å². The molecule has 0 fully saturated rings. The molecule has 24 heavy (non-hydrogen) atoms. The molecule has 5 nitrogen and oxygen atoms in total. The monoisotopic (exact) mass is 378 g/mol. The molecule has 3 aromatic heterocycles. The molecule has 0 unspecified atom stereocenters. The minimum atomic E-state index is 0.0103. The second kappa shape index (κ2) is 7.96. The summed E-state index contributed by atoms with van der Waals surface area (Å²) >= 11 is 4.73. The number of nitrogens with one attached hydrogen (secondary N) is 1. The lowest BCUT2D eigenvalue weighted by molar-refractivity contribution is -0.118. The Balaban J connectivity index is 1.58. The van der Waals surface area contributed by atoms with Crippen LogP contribution >= 0.6 is 34.4 Å². The Morgan fingerprint density at radius 2 is 2.17 bits per heavy atom. The van der Waals surface area contributed by atoms with E-state index in [-0.39, 0.29) is 5.91 Å². The van der Waals surface area contributed by atoms with Gasteiger partial charge in [-0.1, -0.05) is 17.8 Å². The van der Waals surface area contributed by atoms with Gasteiger partial charge in [0, 0.05) is 11.4 Å². The quantitative estimate of drug-likeness (QED) is 0.635. The first-order chi connectivity index (χ1) is 11.7. The van der Waals surface area contributed by atoms with E-state index in [1.165, 1.54) is 22.2 Å². The van der Waals surface area contributed by atoms with Gasteiger partial charge in [0.1, 0.15) is 0 Å². The second-order valence-corrected chi connectivity index (χ2v) is 8.01. The molecule has 3 rings (SSSR count). The summed E-state index contributed by atoms with van der Waals surface area (Å²) < 4.78 is 2.05. The predicted octanol–water partition coefficient (Wildman–Crippen LogP) is 3.80. The van der Waals surface area contributed by atoms with Crippen molar-refractivity contribution in [3.63, 3.8) is 0 Å². The first-order valence-electron chi connectivity index (χ1n) is 7.58. The summed E-state index contributed by atoms with van der Waals surface area (Å²) in [6, 6.07) is 6.10. The summed E-state index contributed by atoms with van der Waals surface area (Å²) in [7, 11) is 0. The van der Waals surface area contributed by atoms with Crippen LogP contribution in [0.4, 0.5) is 0 Å². The molecule has 3 heterocycles. The van der Waals surface area contributed by atoms with E-state index in [2.05, 4.69) is 35.4 Å². The van der Waals surface area contributed by atoms with Crippen molar-refractivity contribution in [2.24, 2.45) is 0 Å². The third-order valence-corrected chi connectivity index (χ3v) is 6.38. The average Bonchev–Trinajstić information content (AvgIpc) is 3.31. The Labute approximate surface area is 153 Å². The van der Waals surface area contributed by atoms with Gasteiger partial charge in [0.2, 0.25) is 5.91 Å². The summed E-state index contributed by atoms with van der Waals surface area (Å²) in [4.78, 5) is 14.4. The molecule has 0 radical (unpaired) electrons. The maximum absolute atomic E-state index is 12.1. The van der Waals surface area contributed by atoms with Crippen molar-refractivity contribution in [1.29, 1.82) is 0 Å². The smallest absolute Gasteiger partial charge is 0.230 e. The Morgan fingerprint density at radius 3 is 2.83 bits per heavy atom. The van der Waals surface area contributed by atoms with E-state index >= 15 is 0 Å². The number of carbonyl (C=O) groups is 1. The van der Waals surface area contributed by atoms with Gasteiger partial charge >= 0.3 is 0 Å². The topological polar surface area (TPSA) is 59.8 Å². The lowest BCUT2D eigenvalue weighted by Gasteiger charge is -2.07. The maximum atomic E-state index is 12.1. The molecule has 3 aromatic rings. The Kier molecular flexibility index (Phi) is 5.70. The molecule has 0 saturated carbocycles. The van der Waals surface area contributed by atoms with Crippen LogP contribution in [0.25, 0.3) is 10.7 Å². The van der Waals surface area contributed by atoms with Gasteiger partial charge in [-0.05, 0) is 42.3 Å². The highest BCUT2D eigenvalue weighted by atomic mass is 32.2. The lowest BCUT2D eigenvalue weighted by Crippen LogP contribution is -2.24. The van der Waals surface area contributed by atoms with Gasteiger partial charge in [-0.2, -0.15) is 0 Å². The van der Waals surface area contributed by atoms with Crippen molar-refractivity contribution in [3.8, 4) is 10.7 Å². The zero-order chi connectivity index (χ0) is 16.9. The van der Waals surface area contributed by atoms with E-state index in [1.54, 1.807) is 22.7 Å². The highest BCUT2D eigenvalue weighted by molar-refractivity contribution is 7.99. The van der Waals surface area contributed by atoms with Gasteiger partial charge in [-0.25, -0.2) is 0 Å². The normalized spacial score (nSPS) is 10.9. The van der Waals surface area contributed by atoms with Gasteiger partial charge in [-0.3, -0.25) is 4.79 Å². The lowest BCUT2D eigenvalue weighted by atomic mass is 10.3. The molecule has 0 bridgehead atoms. The van der Waals surface area contributed by atoms with Crippen LogP contribution in [0.2, 0.25) is 0 Å². The van der Waals surface area contributed by atoms with E-state index in [0.29, 0.717) is 12.3 Å². The molecule has 0 saturated heterocycles. The summed E-state index contributed by atoms with van der Waals surface area (Å²) in [5, 5.41) is 16.3. The number of carbonyl (C=O) groups excluding carboxylic acids is 1. The number of hydrogen-bond acceptors (Lipinski definition) is 6. The van der Waals surface area contributed by atoms with Crippen LogP contribution in [0.3, 0.4) is 0 Å². The minimum Gasteiger partial charge on any atom is -0.350 e. The van der Waals surface area contributed by atoms with Crippen LogP contribution in [0, 0.1) is 6.92 Å². The highest BCUT2D eigenvalue weighted by Gasteiger charge is 2.15. The van der Waals surface area contributed by atoms with E-state index in [0.717, 1.165) is 22.4 Å². The number of amides is 1. The molecular weight excluding hydrogens is 360 g/mol. The van der Waals surface area contributed by atoms with Crippen LogP contribution in [0.15, 0.2) is 34.1 Å². The number of thioether (sulfide) groups is 1. The molecule has 8 heteroatoms. The highest BCUT2D eigenvalue weighted by Crippen LogP contribution is 2.27. The van der Waals surface area contributed by atoms with Crippen LogP contribution < -0.4 is 5.32 Å². The standard InChI is InChI=1S/C16H18N4OS3/c1-3-20-15(12-5-4-7-22-12)18-19-16(20)24-10-14(21)17-9-13-11(2)6-8-23-13/h4-8H,3,9-10H2,1-2H3,(H,17,21). The molecule has 0 aliphatic carbocycles. The fourth-order valence-corrected chi connectivity index (χ4v) is 4.61. The number of aromatic nitrogens is 3. The van der Waals surface area contributed by atoms with Crippen LogP contribution in [-0.4, -0.2) is 26.4 Å². The molecule has 1 amide bonds. The van der Waals surface area contributed by atoms with E-state index in [4.69, 9.17) is 0 Å². The predicted molar refractivity (Wildman–Crippen MR) is 101 cm³/mol. The van der Waals surface area contributed by atoms with E-state index in [9.17, 15) is 4.79 Å². The number of rotatable bonds is 7. The number of nitrogens with zero attached hydrogens (tertiary/aromatic N) is 3. The van der Waals surface area contributed by atoms with Gasteiger partial charge in [0.25, 0.3) is 0 Å². The number of hydrogen-bond donors (Lipinski definition) is 1. The first kappa shape index (κ1) is 17.2. The third-order valence-electron chi connectivity index (χ3n) is 3.52.